The maximum Gasteiger partial charge on any atom is 0.309 e. The Kier molecular flexibility index (Phi) is 2.67. The largest absolute Gasteiger partial charge is 0.466 e. The number of benzene rings is 1. The van der Waals surface area contributed by atoms with Crippen LogP contribution in [0.1, 0.15) is 43.4 Å². The molecule has 1 saturated carbocycles. The van der Waals surface area contributed by atoms with Gasteiger partial charge < -0.3 is 9.84 Å². The van der Waals surface area contributed by atoms with E-state index in [0.29, 0.717) is 6.61 Å². The third kappa shape index (κ3) is 1.57. The Labute approximate surface area is 107 Å². The molecule has 2 aliphatic carbocycles. The number of aliphatic hydroxyl groups excluding tert-OH is 1. The van der Waals surface area contributed by atoms with Gasteiger partial charge in [-0.25, -0.2) is 0 Å². The lowest BCUT2D eigenvalue weighted by atomic mass is 9.77. The molecule has 3 rings (SSSR count). The summed E-state index contributed by atoms with van der Waals surface area (Å²) in [6, 6.07) is 7.96. The topological polar surface area (TPSA) is 46.5 Å². The zero-order chi connectivity index (χ0) is 12.8. The van der Waals surface area contributed by atoms with Gasteiger partial charge in [-0.3, -0.25) is 4.79 Å². The van der Waals surface area contributed by atoms with E-state index in [1.54, 1.807) is 0 Å². The number of hydrogen-bond donors (Lipinski definition) is 1. The molecule has 0 heterocycles. The van der Waals surface area contributed by atoms with Crippen LogP contribution in [0.2, 0.25) is 0 Å². The quantitative estimate of drug-likeness (QED) is 0.815. The molecule has 2 aliphatic rings. The van der Waals surface area contributed by atoms with E-state index in [-0.39, 0.29) is 23.4 Å². The van der Waals surface area contributed by atoms with Gasteiger partial charge in [0.05, 0.1) is 18.6 Å². The van der Waals surface area contributed by atoms with Gasteiger partial charge in [0.25, 0.3) is 0 Å². The third-order valence-corrected chi connectivity index (χ3v) is 4.37. The summed E-state index contributed by atoms with van der Waals surface area (Å²) in [5, 5.41) is 10.0. The van der Waals surface area contributed by atoms with Crippen molar-refractivity contribution in [3.05, 3.63) is 35.4 Å². The van der Waals surface area contributed by atoms with Crippen molar-refractivity contribution in [2.75, 3.05) is 6.61 Å². The first kappa shape index (κ1) is 11.7. The van der Waals surface area contributed by atoms with Crippen molar-refractivity contribution >= 4 is 5.97 Å². The van der Waals surface area contributed by atoms with E-state index >= 15 is 0 Å². The summed E-state index contributed by atoms with van der Waals surface area (Å²) in [4.78, 5) is 11.9. The maximum atomic E-state index is 11.9. The summed E-state index contributed by atoms with van der Waals surface area (Å²) < 4.78 is 5.13. The fourth-order valence-corrected chi connectivity index (χ4v) is 3.36. The van der Waals surface area contributed by atoms with Crippen LogP contribution in [0.5, 0.6) is 0 Å². The monoisotopic (exact) mass is 246 g/mol. The van der Waals surface area contributed by atoms with Crippen LogP contribution in [0.25, 0.3) is 0 Å². The fourth-order valence-electron chi connectivity index (χ4n) is 3.36. The molecule has 1 fully saturated rings. The van der Waals surface area contributed by atoms with Crippen molar-refractivity contribution in [3.8, 4) is 0 Å². The van der Waals surface area contributed by atoms with Gasteiger partial charge in [-0.15, -0.1) is 0 Å². The van der Waals surface area contributed by atoms with E-state index in [0.717, 1.165) is 30.4 Å². The predicted molar refractivity (Wildman–Crippen MR) is 67.1 cm³/mol. The minimum Gasteiger partial charge on any atom is -0.466 e. The molecule has 18 heavy (non-hydrogen) atoms. The van der Waals surface area contributed by atoms with E-state index < -0.39 is 0 Å². The summed E-state index contributed by atoms with van der Waals surface area (Å²) >= 11 is 0. The summed E-state index contributed by atoms with van der Waals surface area (Å²) in [6.07, 6.45) is 2.12. The van der Waals surface area contributed by atoms with Crippen LogP contribution in [-0.4, -0.2) is 17.7 Å². The molecule has 3 unspecified atom stereocenters. The first-order valence-corrected chi connectivity index (χ1v) is 6.63. The van der Waals surface area contributed by atoms with Gasteiger partial charge in [0, 0.05) is 5.41 Å². The highest BCUT2D eigenvalue weighted by molar-refractivity contribution is 5.79. The highest BCUT2D eigenvalue weighted by Crippen LogP contribution is 2.62. The van der Waals surface area contributed by atoms with E-state index in [1.807, 2.05) is 25.1 Å². The lowest BCUT2D eigenvalue weighted by Gasteiger charge is -2.29. The van der Waals surface area contributed by atoms with Crippen LogP contribution >= 0.6 is 0 Å². The first-order chi connectivity index (χ1) is 8.69. The molecule has 0 amide bonds. The zero-order valence-corrected chi connectivity index (χ0v) is 10.6. The Hall–Kier alpha value is -1.35. The summed E-state index contributed by atoms with van der Waals surface area (Å²) in [5.74, 6) is -0.0882. The fraction of sp³-hybridized carbons (Fsp3) is 0.533. The number of rotatable bonds is 2. The van der Waals surface area contributed by atoms with Gasteiger partial charge in [0.1, 0.15) is 0 Å². The number of esters is 1. The molecule has 96 valence electrons. The van der Waals surface area contributed by atoms with Crippen molar-refractivity contribution in [3.63, 3.8) is 0 Å². The van der Waals surface area contributed by atoms with E-state index in [4.69, 9.17) is 4.74 Å². The highest BCUT2D eigenvalue weighted by Gasteiger charge is 2.61. The van der Waals surface area contributed by atoms with Crippen LogP contribution in [0, 0.1) is 5.92 Å². The molecule has 1 spiro atoms. The molecule has 1 aromatic rings. The highest BCUT2D eigenvalue weighted by atomic mass is 16.5. The molecule has 1 N–H and O–H groups in total. The molecule has 0 aliphatic heterocycles. The minimum absolute atomic E-state index is 0.00824. The number of carbonyl (C=O) groups excluding carboxylic acids is 1. The third-order valence-electron chi connectivity index (χ3n) is 4.37. The Morgan fingerprint density at radius 1 is 1.50 bits per heavy atom. The van der Waals surface area contributed by atoms with Crippen LogP contribution in [-0.2, 0) is 14.9 Å². The van der Waals surface area contributed by atoms with E-state index in [9.17, 15) is 9.90 Å². The second-order valence-corrected chi connectivity index (χ2v) is 5.31. The lowest BCUT2D eigenvalue weighted by Crippen LogP contribution is -2.24. The Bertz CT molecular complexity index is 482. The molecule has 3 nitrogen and oxygen atoms in total. The number of hydrogen-bond acceptors (Lipinski definition) is 3. The minimum atomic E-state index is -0.379. The van der Waals surface area contributed by atoms with Crippen LogP contribution in [0.15, 0.2) is 24.3 Å². The molecular weight excluding hydrogens is 228 g/mol. The van der Waals surface area contributed by atoms with Gasteiger partial charge in [-0.05, 0) is 37.3 Å². The van der Waals surface area contributed by atoms with Gasteiger partial charge in [-0.2, -0.15) is 0 Å². The molecule has 0 saturated heterocycles. The van der Waals surface area contributed by atoms with Gasteiger partial charge >= 0.3 is 5.97 Å². The molecule has 0 aromatic heterocycles. The van der Waals surface area contributed by atoms with Gasteiger partial charge in [0.15, 0.2) is 0 Å². The average Bonchev–Trinajstić information content (AvgIpc) is 3.11. The molecule has 1 aromatic carbocycles. The maximum absolute atomic E-state index is 11.9. The second-order valence-electron chi connectivity index (χ2n) is 5.31. The molecule has 3 heteroatoms. The number of aliphatic hydroxyl groups is 1. The average molecular weight is 246 g/mol. The zero-order valence-electron chi connectivity index (χ0n) is 10.6. The van der Waals surface area contributed by atoms with Crippen LogP contribution in [0.3, 0.4) is 0 Å². The first-order valence-electron chi connectivity index (χ1n) is 6.63. The molecule has 0 radical (unpaired) electrons. The predicted octanol–water partition coefficient (Wildman–Crippen LogP) is 2.33. The van der Waals surface area contributed by atoms with Crippen molar-refractivity contribution < 1.29 is 14.6 Å². The Morgan fingerprint density at radius 3 is 3.06 bits per heavy atom. The van der Waals surface area contributed by atoms with Gasteiger partial charge in [-0.1, -0.05) is 24.3 Å². The number of carbonyl (C=O) groups is 1. The molecule has 0 bridgehead atoms. The summed E-state index contributed by atoms with van der Waals surface area (Å²) in [5.41, 5.74) is 2.10. The second kappa shape index (κ2) is 4.09. The molecule has 3 atom stereocenters. The molecular formula is C15H18O3. The van der Waals surface area contributed by atoms with E-state index in [1.165, 1.54) is 0 Å². The Morgan fingerprint density at radius 2 is 2.28 bits per heavy atom. The van der Waals surface area contributed by atoms with Gasteiger partial charge in [0.2, 0.25) is 0 Å². The van der Waals surface area contributed by atoms with Crippen molar-refractivity contribution in [2.24, 2.45) is 5.92 Å². The summed E-state index contributed by atoms with van der Waals surface area (Å²) in [6.45, 7) is 2.28. The standard InChI is InChI=1S/C15H18O3/c1-2-18-14(17)12-9-15(12)8-7-13(16)10-5-3-4-6-11(10)15/h3-6,12-13,16H,2,7-9H2,1H3. The summed E-state index contributed by atoms with van der Waals surface area (Å²) in [7, 11) is 0. The van der Waals surface area contributed by atoms with Crippen LogP contribution in [0.4, 0.5) is 0 Å². The Balaban J connectivity index is 1.93. The van der Waals surface area contributed by atoms with Crippen molar-refractivity contribution in [1.82, 2.24) is 0 Å². The lowest BCUT2D eigenvalue weighted by molar-refractivity contribution is -0.145. The number of ether oxygens (including phenoxy) is 1. The normalized spacial score (nSPS) is 33.0. The number of fused-ring (bicyclic) bond motifs is 2. The SMILES string of the molecule is CCOC(=O)C1CC12CCC(O)c1ccccc12. The van der Waals surface area contributed by atoms with E-state index in [2.05, 4.69) is 6.07 Å². The van der Waals surface area contributed by atoms with Crippen LogP contribution < -0.4 is 0 Å². The smallest absolute Gasteiger partial charge is 0.309 e. The van der Waals surface area contributed by atoms with Crippen molar-refractivity contribution in [2.45, 2.75) is 37.7 Å². The van der Waals surface area contributed by atoms with Crippen molar-refractivity contribution in [1.29, 1.82) is 0 Å².